The maximum absolute atomic E-state index is 8.88. The van der Waals surface area contributed by atoms with E-state index in [2.05, 4.69) is 32.6 Å². The van der Waals surface area contributed by atoms with Crippen molar-refractivity contribution in [3.05, 3.63) is 28.2 Å². The fraction of sp³-hybridized carbons (Fsp3) is 0.533. The Morgan fingerprint density at radius 3 is 2.89 bits per heavy atom. The fourth-order valence-electron chi connectivity index (χ4n) is 3.19. The molecule has 3 nitrogen and oxygen atoms in total. The van der Waals surface area contributed by atoms with Gasteiger partial charge in [-0.3, -0.25) is 0 Å². The minimum Gasteiger partial charge on any atom is -0.381 e. The van der Waals surface area contributed by atoms with Crippen molar-refractivity contribution in [2.24, 2.45) is 0 Å². The molecular weight excluding hydrogens is 302 g/mol. The lowest BCUT2D eigenvalue weighted by atomic mass is 9.70. The van der Waals surface area contributed by atoms with Crippen LogP contribution >= 0.6 is 15.9 Å². The third-order valence-corrected chi connectivity index (χ3v) is 5.05. The summed E-state index contributed by atoms with van der Waals surface area (Å²) >= 11 is 3.55. The average Bonchev–Trinajstić information content (AvgIpc) is 2.39. The molecule has 1 spiro atoms. The second-order valence-electron chi connectivity index (χ2n) is 5.70. The Bertz CT molecular complexity index is 517. The Balaban J connectivity index is 1.69. The van der Waals surface area contributed by atoms with Crippen LogP contribution in [-0.4, -0.2) is 18.1 Å². The lowest BCUT2D eigenvalue weighted by Crippen LogP contribution is -2.58. The van der Waals surface area contributed by atoms with E-state index in [1.54, 1.807) is 0 Å². The molecule has 1 saturated carbocycles. The highest BCUT2D eigenvalue weighted by atomic mass is 79.9. The molecule has 0 radical (unpaired) electrons. The number of halogens is 1. The summed E-state index contributed by atoms with van der Waals surface area (Å²) < 4.78 is 0.979. The van der Waals surface area contributed by atoms with Gasteiger partial charge in [-0.1, -0.05) is 0 Å². The fourth-order valence-corrected chi connectivity index (χ4v) is 3.68. The van der Waals surface area contributed by atoms with Gasteiger partial charge in [0.1, 0.15) is 0 Å². The Kier molecular flexibility index (Phi) is 3.51. The molecule has 2 N–H and O–H groups in total. The molecule has 2 fully saturated rings. The molecule has 2 aliphatic rings. The summed E-state index contributed by atoms with van der Waals surface area (Å²) in [5.41, 5.74) is 2.20. The molecule has 1 aliphatic heterocycles. The summed E-state index contributed by atoms with van der Waals surface area (Å²) in [5, 5.41) is 16.2. The van der Waals surface area contributed by atoms with E-state index in [4.69, 9.17) is 5.26 Å². The highest BCUT2D eigenvalue weighted by molar-refractivity contribution is 9.10. The van der Waals surface area contributed by atoms with Crippen molar-refractivity contribution < 1.29 is 0 Å². The molecule has 0 aromatic heterocycles. The van der Waals surface area contributed by atoms with Crippen molar-refractivity contribution >= 4 is 21.6 Å². The number of hydrogen-bond donors (Lipinski definition) is 2. The lowest BCUT2D eigenvalue weighted by Gasteiger charge is -2.48. The van der Waals surface area contributed by atoms with Gasteiger partial charge in [0.2, 0.25) is 0 Å². The molecule has 1 saturated heterocycles. The van der Waals surface area contributed by atoms with Crippen LogP contribution in [0.25, 0.3) is 0 Å². The van der Waals surface area contributed by atoms with E-state index >= 15 is 0 Å². The molecule has 1 aromatic carbocycles. The van der Waals surface area contributed by atoms with E-state index in [0.717, 1.165) is 23.1 Å². The first-order chi connectivity index (χ1) is 9.21. The first-order valence-corrected chi connectivity index (χ1v) is 7.71. The van der Waals surface area contributed by atoms with Crippen LogP contribution in [-0.2, 0) is 0 Å². The third kappa shape index (κ3) is 2.63. The van der Waals surface area contributed by atoms with Crippen LogP contribution in [0.15, 0.2) is 22.7 Å². The van der Waals surface area contributed by atoms with Crippen molar-refractivity contribution in [3.8, 4) is 6.07 Å². The second kappa shape index (κ2) is 5.15. The minimum absolute atomic E-state index is 0.412. The van der Waals surface area contributed by atoms with Crippen molar-refractivity contribution in [3.63, 3.8) is 0 Å². The van der Waals surface area contributed by atoms with E-state index in [-0.39, 0.29) is 0 Å². The predicted octanol–water partition coefficient (Wildman–Crippen LogP) is 3.41. The Morgan fingerprint density at radius 2 is 2.26 bits per heavy atom. The number of nitriles is 1. The molecule has 0 bridgehead atoms. The van der Waals surface area contributed by atoms with Crippen molar-refractivity contribution in [1.82, 2.24) is 5.32 Å². The average molecular weight is 320 g/mol. The number of anilines is 1. The monoisotopic (exact) mass is 319 g/mol. The Hall–Kier alpha value is -1.05. The smallest absolute Gasteiger partial charge is 0.0992 e. The number of piperidine rings is 1. The standard InChI is InChI=1S/C15H18BrN3/c16-13-8-11(10-17)2-3-14(13)19-12-4-7-18-15(9-12)5-1-6-15/h2-3,8,12,18-19H,1,4-7,9H2. The first kappa shape index (κ1) is 13.0. The van der Waals surface area contributed by atoms with Crippen LogP contribution in [0, 0.1) is 11.3 Å². The normalized spacial score (nSPS) is 24.5. The number of hydrogen-bond acceptors (Lipinski definition) is 3. The predicted molar refractivity (Wildman–Crippen MR) is 80.1 cm³/mol. The van der Waals surface area contributed by atoms with E-state index in [1.165, 1.54) is 25.7 Å². The first-order valence-electron chi connectivity index (χ1n) is 6.92. The zero-order valence-electron chi connectivity index (χ0n) is 10.9. The molecule has 4 heteroatoms. The van der Waals surface area contributed by atoms with Gasteiger partial charge in [-0.15, -0.1) is 0 Å². The summed E-state index contributed by atoms with van der Waals surface area (Å²) in [4.78, 5) is 0. The quantitative estimate of drug-likeness (QED) is 0.878. The number of rotatable bonds is 2. The zero-order valence-corrected chi connectivity index (χ0v) is 12.5. The van der Waals surface area contributed by atoms with Gasteiger partial charge in [0.15, 0.2) is 0 Å². The van der Waals surface area contributed by atoms with E-state index < -0.39 is 0 Å². The molecule has 1 heterocycles. The van der Waals surface area contributed by atoms with Crippen LogP contribution in [0.2, 0.25) is 0 Å². The van der Waals surface area contributed by atoms with Crippen molar-refractivity contribution in [1.29, 1.82) is 5.26 Å². The maximum atomic E-state index is 8.88. The van der Waals surface area contributed by atoms with E-state index in [9.17, 15) is 0 Å². The third-order valence-electron chi connectivity index (χ3n) is 4.40. The van der Waals surface area contributed by atoms with Gasteiger partial charge in [0.25, 0.3) is 0 Å². The largest absolute Gasteiger partial charge is 0.381 e. The summed E-state index contributed by atoms with van der Waals surface area (Å²) in [6.07, 6.45) is 6.37. The van der Waals surface area contributed by atoms with E-state index in [1.807, 2.05) is 18.2 Å². The van der Waals surface area contributed by atoms with Crippen LogP contribution < -0.4 is 10.6 Å². The van der Waals surface area contributed by atoms with Gasteiger partial charge in [0.05, 0.1) is 11.6 Å². The van der Waals surface area contributed by atoms with Gasteiger partial charge in [-0.25, -0.2) is 0 Å². The molecular formula is C15H18BrN3. The SMILES string of the molecule is N#Cc1ccc(NC2CCNC3(CCC3)C2)c(Br)c1. The molecule has 1 unspecified atom stereocenters. The molecule has 1 atom stereocenters. The van der Waals surface area contributed by atoms with Crippen molar-refractivity contribution in [2.45, 2.75) is 43.7 Å². The summed E-state index contributed by atoms with van der Waals surface area (Å²) in [6, 6.07) is 8.44. The summed E-state index contributed by atoms with van der Waals surface area (Å²) in [7, 11) is 0. The van der Waals surface area contributed by atoms with Crippen LogP contribution in [0.5, 0.6) is 0 Å². The molecule has 3 rings (SSSR count). The number of nitrogens with one attached hydrogen (secondary N) is 2. The number of benzene rings is 1. The molecule has 1 aliphatic carbocycles. The van der Waals surface area contributed by atoms with Gasteiger partial charge in [0, 0.05) is 21.7 Å². The van der Waals surface area contributed by atoms with Gasteiger partial charge in [-0.2, -0.15) is 5.26 Å². The minimum atomic E-state index is 0.412. The summed E-state index contributed by atoms with van der Waals surface area (Å²) in [5.74, 6) is 0. The maximum Gasteiger partial charge on any atom is 0.0992 e. The van der Waals surface area contributed by atoms with Gasteiger partial charge < -0.3 is 10.6 Å². The Labute approximate surface area is 122 Å². The van der Waals surface area contributed by atoms with Gasteiger partial charge in [-0.05, 0) is 72.8 Å². The second-order valence-corrected chi connectivity index (χ2v) is 6.56. The van der Waals surface area contributed by atoms with Crippen molar-refractivity contribution in [2.75, 3.05) is 11.9 Å². The summed E-state index contributed by atoms with van der Waals surface area (Å²) in [6.45, 7) is 1.10. The van der Waals surface area contributed by atoms with E-state index in [0.29, 0.717) is 17.1 Å². The van der Waals surface area contributed by atoms with Crippen LogP contribution in [0.1, 0.15) is 37.7 Å². The Morgan fingerprint density at radius 1 is 1.42 bits per heavy atom. The highest BCUT2D eigenvalue weighted by Crippen LogP contribution is 2.39. The highest BCUT2D eigenvalue weighted by Gasteiger charge is 2.40. The molecule has 100 valence electrons. The van der Waals surface area contributed by atoms with Crippen LogP contribution in [0.4, 0.5) is 5.69 Å². The molecule has 19 heavy (non-hydrogen) atoms. The molecule has 0 amide bonds. The lowest BCUT2D eigenvalue weighted by molar-refractivity contribution is 0.135. The topological polar surface area (TPSA) is 47.9 Å². The van der Waals surface area contributed by atoms with Gasteiger partial charge >= 0.3 is 0 Å². The molecule has 1 aromatic rings. The number of nitrogens with zero attached hydrogens (tertiary/aromatic N) is 1. The zero-order chi connectivity index (χ0) is 13.3. The van der Waals surface area contributed by atoms with Crippen LogP contribution in [0.3, 0.4) is 0 Å².